The number of aliphatic hydroxyl groups excluding tert-OH is 1. The fourth-order valence-corrected chi connectivity index (χ4v) is 4.29. The number of ether oxygens (including phenoxy) is 2. The Hall–Kier alpha value is -3.18. The molecule has 2 aromatic heterocycles. The first-order chi connectivity index (χ1) is 15.4. The summed E-state index contributed by atoms with van der Waals surface area (Å²) < 4.78 is 11.3. The molecule has 11 heteroatoms. The molecule has 2 aliphatic heterocycles. The average Bonchev–Trinajstić information content (AvgIpc) is 3.34. The van der Waals surface area contributed by atoms with Gasteiger partial charge in [-0.3, -0.25) is 9.59 Å². The van der Waals surface area contributed by atoms with Crippen LogP contribution in [-0.2, 0) is 9.53 Å². The minimum Gasteiger partial charge on any atom is -0.483 e. The highest BCUT2D eigenvalue weighted by Crippen LogP contribution is 2.40. The molecule has 0 bridgehead atoms. The number of carbonyl (C=O) groups is 2. The molecular weight excluding hydrogens is 418 g/mol. The molecule has 0 unspecified atom stereocenters. The van der Waals surface area contributed by atoms with Crippen molar-refractivity contribution in [3.05, 3.63) is 36.3 Å². The number of carboxylic acid groups (broad SMARTS) is 1. The highest BCUT2D eigenvalue weighted by Gasteiger charge is 2.54. The van der Waals surface area contributed by atoms with Crippen LogP contribution in [0.1, 0.15) is 36.7 Å². The van der Waals surface area contributed by atoms with E-state index in [9.17, 15) is 9.90 Å². The van der Waals surface area contributed by atoms with Crippen molar-refractivity contribution in [3.63, 3.8) is 0 Å². The zero-order valence-corrected chi connectivity index (χ0v) is 18.2. The zero-order chi connectivity index (χ0) is 23.2. The Morgan fingerprint density at radius 1 is 1.38 bits per heavy atom. The van der Waals surface area contributed by atoms with Crippen molar-refractivity contribution in [1.29, 1.82) is 0 Å². The maximum atomic E-state index is 12.6. The molecule has 0 saturated carbocycles. The number of piperidine rings is 1. The Labute approximate surface area is 185 Å². The van der Waals surface area contributed by atoms with Crippen LogP contribution in [0.3, 0.4) is 0 Å². The van der Waals surface area contributed by atoms with Gasteiger partial charge in [0, 0.05) is 38.2 Å². The van der Waals surface area contributed by atoms with Gasteiger partial charge in [0.05, 0.1) is 18.2 Å². The number of hydrogen-bond acceptors (Lipinski definition) is 8. The summed E-state index contributed by atoms with van der Waals surface area (Å²) in [5, 5.41) is 21.2. The van der Waals surface area contributed by atoms with Crippen LogP contribution in [0.4, 0.5) is 5.95 Å². The van der Waals surface area contributed by atoms with E-state index >= 15 is 0 Å². The number of hydrogen-bond donors (Lipinski definition) is 4. The Bertz CT molecular complexity index is 900. The molecule has 1 spiro atoms. The van der Waals surface area contributed by atoms with Crippen LogP contribution < -0.4 is 15.0 Å². The van der Waals surface area contributed by atoms with Crippen LogP contribution in [0, 0.1) is 0 Å². The van der Waals surface area contributed by atoms with Crippen molar-refractivity contribution in [2.45, 2.75) is 43.4 Å². The maximum Gasteiger partial charge on any atom is 0.290 e. The first-order valence-corrected chi connectivity index (χ1v) is 10.4. The number of H-pyrrole nitrogens is 1. The lowest BCUT2D eigenvalue weighted by molar-refractivity contribution is -0.195. The predicted molar refractivity (Wildman–Crippen MR) is 115 cm³/mol. The molecular formula is C21H29N5O6. The molecule has 0 radical (unpaired) electrons. The van der Waals surface area contributed by atoms with Crippen molar-refractivity contribution < 1.29 is 29.3 Å². The number of aromatic amines is 1. The highest BCUT2D eigenvalue weighted by molar-refractivity contribution is 5.92. The monoisotopic (exact) mass is 447 g/mol. The van der Waals surface area contributed by atoms with Gasteiger partial charge in [0.1, 0.15) is 11.8 Å². The summed E-state index contributed by atoms with van der Waals surface area (Å²) in [6.07, 6.45) is 4.33. The van der Waals surface area contributed by atoms with Gasteiger partial charge in [-0.05, 0) is 38.3 Å². The van der Waals surface area contributed by atoms with E-state index in [0.717, 1.165) is 0 Å². The van der Waals surface area contributed by atoms with E-state index in [1.807, 2.05) is 6.92 Å². The number of amides is 1. The molecule has 4 heterocycles. The second kappa shape index (κ2) is 9.96. The summed E-state index contributed by atoms with van der Waals surface area (Å²) >= 11 is 0. The van der Waals surface area contributed by atoms with Crippen molar-refractivity contribution in [3.8, 4) is 5.88 Å². The fraction of sp³-hybridized carbons (Fsp3) is 0.524. The second-order valence-electron chi connectivity index (χ2n) is 8.01. The van der Waals surface area contributed by atoms with Gasteiger partial charge < -0.3 is 34.9 Å². The molecule has 32 heavy (non-hydrogen) atoms. The summed E-state index contributed by atoms with van der Waals surface area (Å²) in [5.41, 5.74) is -0.996. The van der Waals surface area contributed by atoms with Gasteiger partial charge in [0.15, 0.2) is 0 Å². The lowest BCUT2D eigenvalue weighted by Gasteiger charge is -2.53. The Kier molecular flexibility index (Phi) is 7.31. The van der Waals surface area contributed by atoms with Gasteiger partial charge >= 0.3 is 0 Å². The van der Waals surface area contributed by atoms with Gasteiger partial charge in [-0.15, -0.1) is 0 Å². The van der Waals surface area contributed by atoms with Crippen molar-refractivity contribution in [2.24, 2.45) is 0 Å². The third kappa shape index (κ3) is 4.83. The van der Waals surface area contributed by atoms with E-state index in [4.69, 9.17) is 19.4 Å². The van der Waals surface area contributed by atoms with Gasteiger partial charge in [-0.1, -0.05) is 0 Å². The third-order valence-electron chi connectivity index (χ3n) is 6.07. The highest BCUT2D eigenvalue weighted by atomic mass is 16.5. The summed E-state index contributed by atoms with van der Waals surface area (Å²) in [5.74, 6) is 0.895. The molecule has 11 nitrogen and oxygen atoms in total. The van der Waals surface area contributed by atoms with E-state index in [-0.39, 0.29) is 12.4 Å². The molecule has 174 valence electrons. The fourth-order valence-electron chi connectivity index (χ4n) is 4.29. The molecule has 2 fully saturated rings. The smallest absolute Gasteiger partial charge is 0.290 e. The Balaban J connectivity index is 0.000000913. The quantitative estimate of drug-likeness (QED) is 0.500. The van der Waals surface area contributed by atoms with E-state index in [1.165, 1.54) is 0 Å². The summed E-state index contributed by atoms with van der Waals surface area (Å²) in [6, 6.07) is 5.20. The number of anilines is 1. The van der Waals surface area contributed by atoms with Gasteiger partial charge in [-0.2, -0.15) is 4.98 Å². The van der Waals surface area contributed by atoms with Crippen LogP contribution in [0.25, 0.3) is 0 Å². The summed E-state index contributed by atoms with van der Waals surface area (Å²) in [7, 11) is 1.58. The van der Waals surface area contributed by atoms with Crippen LogP contribution in [0.15, 0.2) is 30.6 Å². The van der Waals surface area contributed by atoms with Crippen LogP contribution >= 0.6 is 0 Å². The zero-order valence-electron chi connectivity index (χ0n) is 18.2. The molecule has 4 rings (SSSR count). The van der Waals surface area contributed by atoms with E-state index in [2.05, 4.69) is 25.2 Å². The number of methoxy groups -OCH3 is 1. The second-order valence-corrected chi connectivity index (χ2v) is 8.01. The molecule has 2 aromatic rings. The largest absolute Gasteiger partial charge is 0.483 e. The lowest BCUT2D eigenvalue weighted by Crippen LogP contribution is -2.69. The summed E-state index contributed by atoms with van der Waals surface area (Å²) in [4.78, 5) is 34.6. The van der Waals surface area contributed by atoms with E-state index in [1.54, 1.807) is 37.7 Å². The molecule has 1 amide bonds. The van der Waals surface area contributed by atoms with E-state index in [0.29, 0.717) is 56.5 Å². The molecule has 2 aliphatic rings. The Morgan fingerprint density at radius 2 is 2.09 bits per heavy atom. The normalized spacial score (nSPS) is 24.2. The number of rotatable bonds is 4. The summed E-state index contributed by atoms with van der Waals surface area (Å²) in [6.45, 7) is 3.41. The number of aromatic nitrogens is 3. The molecule has 0 aromatic carbocycles. The Morgan fingerprint density at radius 3 is 2.72 bits per heavy atom. The topological polar surface area (TPSA) is 150 Å². The number of carbonyl (C=O) groups excluding carboxylic acids is 1. The minimum absolute atomic E-state index is 0.226. The lowest BCUT2D eigenvalue weighted by atomic mass is 9.73. The first kappa shape index (κ1) is 23.5. The van der Waals surface area contributed by atoms with Crippen LogP contribution in [-0.4, -0.2) is 81.6 Å². The average molecular weight is 447 g/mol. The van der Waals surface area contributed by atoms with Crippen molar-refractivity contribution in [1.82, 2.24) is 20.3 Å². The SMILES string of the molecule is COc1ccnc(N2CCC3(CC2)OCC[C@](C)(NC(=O)c2ccc[nH]2)[C@H]3O)n1.O=CO. The molecule has 0 aliphatic carbocycles. The standard InChI is InChI=1S/C20H27N5O4.CH2O2/c1-19(24-16(26)14-4-3-9-21-14)8-13-29-20(17(19)27)6-11-25(12-7-20)18-22-10-5-15(23-18)28-2;2-1-3/h3-5,9-10,17,21,27H,6-8,11-13H2,1-2H3,(H,24,26);1H,(H,2,3)/t17-,19+;/m1./s1. The number of aliphatic hydroxyl groups is 1. The molecule has 2 atom stereocenters. The van der Waals surface area contributed by atoms with E-state index < -0.39 is 17.2 Å². The number of nitrogens with zero attached hydrogens (tertiary/aromatic N) is 3. The van der Waals surface area contributed by atoms with Crippen LogP contribution in [0.2, 0.25) is 0 Å². The molecule has 4 N–H and O–H groups in total. The first-order valence-electron chi connectivity index (χ1n) is 10.4. The van der Waals surface area contributed by atoms with Crippen molar-refractivity contribution in [2.75, 3.05) is 31.7 Å². The molecule has 2 saturated heterocycles. The third-order valence-corrected chi connectivity index (χ3v) is 6.07. The number of nitrogens with one attached hydrogen (secondary N) is 2. The maximum absolute atomic E-state index is 12.6. The van der Waals surface area contributed by atoms with Crippen molar-refractivity contribution >= 4 is 18.3 Å². The van der Waals surface area contributed by atoms with Crippen LogP contribution in [0.5, 0.6) is 5.88 Å². The predicted octanol–water partition coefficient (Wildman–Crippen LogP) is 0.823. The van der Waals surface area contributed by atoms with Gasteiger partial charge in [0.2, 0.25) is 11.8 Å². The van der Waals surface area contributed by atoms with Gasteiger partial charge in [-0.25, -0.2) is 4.98 Å². The minimum atomic E-state index is -0.823. The van der Waals surface area contributed by atoms with Gasteiger partial charge in [0.25, 0.3) is 12.4 Å².